The van der Waals surface area contributed by atoms with Crippen LogP contribution in [0.2, 0.25) is 0 Å². The third-order valence-corrected chi connectivity index (χ3v) is 3.65. The Morgan fingerprint density at radius 1 is 1.07 bits per heavy atom. The van der Waals surface area contributed by atoms with Crippen LogP contribution in [0.5, 0.6) is 0 Å². The van der Waals surface area contributed by atoms with Gasteiger partial charge in [-0.3, -0.25) is 0 Å². The Kier molecular flexibility index (Phi) is 4.26. The molecule has 82 valence electrons. The maximum atomic E-state index is 5.71. The van der Waals surface area contributed by atoms with Crippen molar-refractivity contribution in [2.75, 3.05) is 26.3 Å². The standard InChI is InChI=1S/C12H23NO/c1-3-12(4-1)10-14-8-6-11-5-2-7-13-9-11/h11-13H,1-10H2/t11-/m1/s1. The first-order valence-corrected chi connectivity index (χ1v) is 6.23. The van der Waals surface area contributed by atoms with Crippen molar-refractivity contribution in [2.24, 2.45) is 11.8 Å². The predicted octanol–water partition coefficient (Wildman–Crippen LogP) is 2.19. The fourth-order valence-electron chi connectivity index (χ4n) is 2.33. The second kappa shape index (κ2) is 5.72. The quantitative estimate of drug-likeness (QED) is 0.682. The van der Waals surface area contributed by atoms with Crippen LogP contribution >= 0.6 is 0 Å². The van der Waals surface area contributed by atoms with E-state index in [-0.39, 0.29) is 0 Å². The third kappa shape index (κ3) is 3.25. The molecule has 0 unspecified atom stereocenters. The first-order valence-electron chi connectivity index (χ1n) is 6.23. The van der Waals surface area contributed by atoms with Crippen LogP contribution in [0.4, 0.5) is 0 Å². The van der Waals surface area contributed by atoms with Crippen molar-refractivity contribution in [3.8, 4) is 0 Å². The highest BCUT2D eigenvalue weighted by molar-refractivity contribution is 4.70. The zero-order valence-corrected chi connectivity index (χ0v) is 9.13. The molecule has 0 radical (unpaired) electrons. The topological polar surface area (TPSA) is 21.3 Å². The zero-order valence-electron chi connectivity index (χ0n) is 9.13. The third-order valence-electron chi connectivity index (χ3n) is 3.65. The van der Waals surface area contributed by atoms with Gasteiger partial charge in [0.05, 0.1) is 0 Å². The number of ether oxygens (including phenoxy) is 1. The van der Waals surface area contributed by atoms with Crippen molar-refractivity contribution < 1.29 is 4.74 Å². The molecule has 2 rings (SSSR count). The van der Waals surface area contributed by atoms with E-state index in [1.807, 2.05) is 0 Å². The lowest BCUT2D eigenvalue weighted by Crippen LogP contribution is -2.30. The Labute approximate surface area is 87.4 Å². The van der Waals surface area contributed by atoms with Crippen LogP contribution in [0.15, 0.2) is 0 Å². The van der Waals surface area contributed by atoms with Crippen LogP contribution in [-0.4, -0.2) is 26.3 Å². The van der Waals surface area contributed by atoms with E-state index >= 15 is 0 Å². The fraction of sp³-hybridized carbons (Fsp3) is 1.00. The Balaban J connectivity index is 1.45. The van der Waals surface area contributed by atoms with Gasteiger partial charge in [0.1, 0.15) is 0 Å². The van der Waals surface area contributed by atoms with E-state index < -0.39 is 0 Å². The highest BCUT2D eigenvalue weighted by Gasteiger charge is 2.17. The summed E-state index contributed by atoms with van der Waals surface area (Å²) in [5, 5.41) is 3.45. The Morgan fingerprint density at radius 2 is 1.93 bits per heavy atom. The van der Waals surface area contributed by atoms with E-state index in [1.165, 1.54) is 51.6 Å². The molecule has 1 atom stereocenters. The summed E-state index contributed by atoms with van der Waals surface area (Å²) in [7, 11) is 0. The molecule has 1 saturated heterocycles. The van der Waals surface area contributed by atoms with Crippen LogP contribution < -0.4 is 5.32 Å². The first-order chi connectivity index (χ1) is 6.95. The Bertz CT molecular complexity index is 150. The molecular weight excluding hydrogens is 174 g/mol. The van der Waals surface area contributed by atoms with Gasteiger partial charge in [-0.15, -0.1) is 0 Å². The molecule has 1 N–H and O–H groups in total. The summed E-state index contributed by atoms with van der Waals surface area (Å²) in [4.78, 5) is 0. The molecule has 2 aliphatic rings. The van der Waals surface area contributed by atoms with E-state index in [0.717, 1.165) is 25.0 Å². The van der Waals surface area contributed by atoms with Crippen molar-refractivity contribution >= 4 is 0 Å². The van der Waals surface area contributed by atoms with Crippen molar-refractivity contribution in [3.63, 3.8) is 0 Å². The van der Waals surface area contributed by atoms with Crippen molar-refractivity contribution in [3.05, 3.63) is 0 Å². The number of nitrogens with one attached hydrogen (secondary N) is 1. The van der Waals surface area contributed by atoms with Crippen molar-refractivity contribution in [1.82, 2.24) is 5.32 Å². The lowest BCUT2D eigenvalue weighted by Gasteiger charge is -2.26. The van der Waals surface area contributed by atoms with Crippen molar-refractivity contribution in [1.29, 1.82) is 0 Å². The summed E-state index contributed by atoms with van der Waals surface area (Å²) in [5.41, 5.74) is 0. The summed E-state index contributed by atoms with van der Waals surface area (Å²) in [6.07, 6.45) is 8.27. The monoisotopic (exact) mass is 197 g/mol. The van der Waals surface area contributed by atoms with Crippen LogP contribution in [0.25, 0.3) is 0 Å². The van der Waals surface area contributed by atoms with E-state index in [0.29, 0.717) is 0 Å². The molecule has 0 bridgehead atoms. The molecular formula is C12H23NO. The van der Waals surface area contributed by atoms with Gasteiger partial charge in [-0.2, -0.15) is 0 Å². The summed E-state index contributed by atoms with van der Waals surface area (Å²) in [6, 6.07) is 0. The molecule has 0 aromatic carbocycles. The van der Waals surface area contributed by atoms with Gasteiger partial charge in [0, 0.05) is 13.2 Å². The van der Waals surface area contributed by atoms with Gasteiger partial charge in [-0.05, 0) is 57.0 Å². The molecule has 14 heavy (non-hydrogen) atoms. The van der Waals surface area contributed by atoms with Gasteiger partial charge in [0.2, 0.25) is 0 Å². The van der Waals surface area contributed by atoms with Gasteiger partial charge >= 0.3 is 0 Å². The fourth-order valence-corrected chi connectivity index (χ4v) is 2.33. The second-order valence-corrected chi connectivity index (χ2v) is 4.87. The lowest BCUT2D eigenvalue weighted by molar-refractivity contribution is 0.0603. The molecule has 0 aromatic heterocycles. The Morgan fingerprint density at radius 3 is 2.57 bits per heavy atom. The van der Waals surface area contributed by atoms with Gasteiger partial charge in [-0.25, -0.2) is 0 Å². The van der Waals surface area contributed by atoms with Crippen LogP contribution in [0.1, 0.15) is 38.5 Å². The van der Waals surface area contributed by atoms with E-state index in [4.69, 9.17) is 4.74 Å². The molecule has 2 nitrogen and oxygen atoms in total. The number of piperidine rings is 1. The average Bonchev–Trinajstić information content (AvgIpc) is 2.16. The SMILES string of the molecule is C1CC(COCC[C@H]2CCCNC2)C1. The van der Waals surface area contributed by atoms with Crippen LogP contribution in [-0.2, 0) is 4.74 Å². The average molecular weight is 197 g/mol. The molecule has 0 amide bonds. The highest BCUT2D eigenvalue weighted by atomic mass is 16.5. The van der Waals surface area contributed by atoms with E-state index in [2.05, 4.69) is 5.32 Å². The molecule has 0 aromatic rings. The van der Waals surface area contributed by atoms with E-state index in [9.17, 15) is 0 Å². The minimum absolute atomic E-state index is 0.880. The molecule has 1 saturated carbocycles. The smallest absolute Gasteiger partial charge is 0.0494 e. The second-order valence-electron chi connectivity index (χ2n) is 4.87. The van der Waals surface area contributed by atoms with E-state index in [1.54, 1.807) is 0 Å². The predicted molar refractivity (Wildman–Crippen MR) is 58.4 cm³/mol. The number of hydrogen-bond acceptors (Lipinski definition) is 2. The van der Waals surface area contributed by atoms with Crippen LogP contribution in [0.3, 0.4) is 0 Å². The molecule has 1 aliphatic carbocycles. The zero-order chi connectivity index (χ0) is 9.64. The first kappa shape index (κ1) is 10.4. The van der Waals surface area contributed by atoms with Crippen molar-refractivity contribution in [2.45, 2.75) is 38.5 Å². The maximum absolute atomic E-state index is 5.71. The summed E-state index contributed by atoms with van der Waals surface area (Å²) < 4.78 is 5.71. The summed E-state index contributed by atoms with van der Waals surface area (Å²) in [6.45, 7) is 4.45. The van der Waals surface area contributed by atoms with Crippen LogP contribution in [0, 0.1) is 11.8 Å². The normalized spacial score (nSPS) is 28.7. The minimum Gasteiger partial charge on any atom is -0.381 e. The molecule has 2 fully saturated rings. The maximum Gasteiger partial charge on any atom is 0.0494 e. The Hall–Kier alpha value is -0.0800. The summed E-state index contributed by atoms with van der Waals surface area (Å²) in [5.74, 6) is 1.78. The van der Waals surface area contributed by atoms with Gasteiger partial charge in [0.15, 0.2) is 0 Å². The molecule has 0 spiro atoms. The lowest BCUT2D eigenvalue weighted by atomic mass is 9.86. The minimum atomic E-state index is 0.880. The summed E-state index contributed by atoms with van der Waals surface area (Å²) >= 11 is 0. The molecule has 1 heterocycles. The van der Waals surface area contributed by atoms with Gasteiger partial charge in [-0.1, -0.05) is 6.42 Å². The largest absolute Gasteiger partial charge is 0.381 e. The highest BCUT2D eigenvalue weighted by Crippen LogP contribution is 2.26. The molecule has 1 aliphatic heterocycles. The number of rotatable bonds is 5. The number of hydrogen-bond donors (Lipinski definition) is 1. The van der Waals surface area contributed by atoms with Gasteiger partial charge < -0.3 is 10.1 Å². The van der Waals surface area contributed by atoms with Gasteiger partial charge in [0.25, 0.3) is 0 Å². The molecule has 2 heteroatoms.